The molecule has 14 heavy (non-hydrogen) atoms. The van der Waals surface area contributed by atoms with Gasteiger partial charge in [0.15, 0.2) is 0 Å². The molecule has 0 bridgehead atoms. The number of fused-ring (bicyclic) bond motifs is 1. The summed E-state index contributed by atoms with van der Waals surface area (Å²) in [5.74, 6) is 2.18. The Hall–Kier alpha value is -0.0800. The van der Waals surface area contributed by atoms with Gasteiger partial charge in [-0.05, 0) is 38.1 Å². The minimum Gasteiger partial charge on any atom is -0.315 e. The van der Waals surface area contributed by atoms with Gasteiger partial charge in [-0.2, -0.15) is 0 Å². The summed E-state index contributed by atoms with van der Waals surface area (Å²) in [6.45, 7) is 2.82. The number of rotatable bonds is 2. The highest BCUT2D eigenvalue weighted by molar-refractivity contribution is 5.01. The van der Waals surface area contributed by atoms with E-state index >= 15 is 0 Å². The molecule has 2 heteroatoms. The zero-order chi connectivity index (χ0) is 9.54. The smallest absolute Gasteiger partial charge is 0.0249 e. The van der Waals surface area contributed by atoms with E-state index < -0.39 is 0 Å². The third-order valence-electron chi connectivity index (χ3n) is 4.58. The normalized spacial score (nSPS) is 47.8. The molecule has 2 nitrogen and oxygen atoms in total. The van der Waals surface area contributed by atoms with Gasteiger partial charge >= 0.3 is 0 Å². The largest absolute Gasteiger partial charge is 0.315 e. The Bertz CT molecular complexity index is 206. The average Bonchev–Trinajstić information content (AvgIpc) is 2.86. The Morgan fingerprint density at radius 1 is 1.07 bits per heavy atom. The minimum absolute atomic E-state index is 0.779. The van der Waals surface area contributed by atoms with Gasteiger partial charge in [0.25, 0.3) is 0 Å². The third kappa shape index (κ3) is 1.49. The fraction of sp³-hybridized carbons (Fsp3) is 1.00. The fourth-order valence-corrected chi connectivity index (χ4v) is 3.59. The molecule has 3 rings (SSSR count). The summed E-state index contributed by atoms with van der Waals surface area (Å²) in [6, 6.07) is 1.64. The molecular weight excluding hydrogens is 172 g/mol. The monoisotopic (exact) mass is 194 g/mol. The van der Waals surface area contributed by atoms with Crippen LogP contribution in [0.5, 0.6) is 0 Å². The van der Waals surface area contributed by atoms with Crippen molar-refractivity contribution in [3.63, 3.8) is 0 Å². The van der Waals surface area contributed by atoms with E-state index in [2.05, 4.69) is 17.3 Å². The van der Waals surface area contributed by atoms with E-state index in [0.717, 1.165) is 23.9 Å². The van der Waals surface area contributed by atoms with Crippen molar-refractivity contribution in [3.05, 3.63) is 0 Å². The molecule has 2 aliphatic carbocycles. The molecule has 1 N–H and O–H groups in total. The molecule has 0 aromatic rings. The summed E-state index contributed by atoms with van der Waals surface area (Å²) in [4.78, 5) is 2.78. The van der Waals surface area contributed by atoms with Gasteiger partial charge in [-0.1, -0.05) is 12.8 Å². The molecule has 1 saturated heterocycles. The summed E-state index contributed by atoms with van der Waals surface area (Å²) < 4.78 is 0. The van der Waals surface area contributed by atoms with E-state index in [4.69, 9.17) is 0 Å². The molecule has 80 valence electrons. The Balaban J connectivity index is 1.63. The van der Waals surface area contributed by atoms with Gasteiger partial charge in [0, 0.05) is 25.2 Å². The van der Waals surface area contributed by atoms with Crippen molar-refractivity contribution < 1.29 is 0 Å². The maximum absolute atomic E-state index is 3.52. The lowest BCUT2D eigenvalue weighted by Crippen LogP contribution is -2.50. The predicted molar refractivity (Wildman–Crippen MR) is 58.3 cm³/mol. The van der Waals surface area contributed by atoms with Gasteiger partial charge in [-0.15, -0.1) is 0 Å². The molecular formula is C12H22N2. The summed E-state index contributed by atoms with van der Waals surface area (Å²) in [5.41, 5.74) is 0. The molecule has 4 atom stereocenters. The quantitative estimate of drug-likeness (QED) is 0.716. The topological polar surface area (TPSA) is 15.3 Å². The van der Waals surface area contributed by atoms with Crippen molar-refractivity contribution in [1.29, 1.82) is 0 Å². The van der Waals surface area contributed by atoms with Crippen LogP contribution in [-0.2, 0) is 0 Å². The van der Waals surface area contributed by atoms with Crippen molar-refractivity contribution >= 4 is 0 Å². The summed E-state index contributed by atoms with van der Waals surface area (Å²) in [7, 11) is 2.14. The van der Waals surface area contributed by atoms with Crippen LogP contribution in [-0.4, -0.2) is 37.1 Å². The molecule has 0 aromatic heterocycles. The second-order valence-corrected chi connectivity index (χ2v) is 5.46. The van der Waals surface area contributed by atoms with E-state index in [1.807, 2.05) is 0 Å². The van der Waals surface area contributed by atoms with Crippen LogP contribution < -0.4 is 5.32 Å². The van der Waals surface area contributed by atoms with Crippen LogP contribution in [0.25, 0.3) is 0 Å². The number of likely N-dealkylation sites (N-methyl/N-ethyl adjacent to an activating group) is 1. The Labute approximate surface area is 87.0 Å². The Morgan fingerprint density at radius 2 is 1.79 bits per heavy atom. The lowest BCUT2D eigenvalue weighted by molar-refractivity contribution is 0.139. The van der Waals surface area contributed by atoms with Gasteiger partial charge < -0.3 is 5.32 Å². The highest BCUT2D eigenvalue weighted by Crippen LogP contribution is 2.46. The Morgan fingerprint density at radius 3 is 2.50 bits per heavy atom. The number of likely N-dealkylation sites (tertiary alicyclic amines) is 1. The van der Waals surface area contributed by atoms with Crippen LogP contribution in [0, 0.1) is 11.8 Å². The van der Waals surface area contributed by atoms with E-state index in [1.54, 1.807) is 0 Å². The van der Waals surface area contributed by atoms with Crippen LogP contribution in [0.1, 0.15) is 32.1 Å². The first-order chi connectivity index (χ1) is 6.88. The van der Waals surface area contributed by atoms with Crippen LogP contribution in [0.2, 0.25) is 0 Å². The van der Waals surface area contributed by atoms with E-state index in [-0.39, 0.29) is 0 Å². The number of piperidine rings is 1. The van der Waals surface area contributed by atoms with Crippen LogP contribution in [0.3, 0.4) is 0 Å². The van der Waals surface area contributed by atoms with Gasteiger partial charge in [0.05, 0.1) is 0 Å². The summed E-state index contributed by atoms with van der Waals surface area (Å²) >= 11 is 0. The molecule has 0 spiro atoms. The SMILES string of the molecule is CN[C@@H]1CCCC[C@H]1N1CC2CC2C1. The molecule has 1 heterocycles. The number of nitrogens with one attached hydrogen (secondary N) is 1. The number of hydrogen-bond acceptors (Lipinski definition) is 2. The van der Waals surface area contributed by atoms with Crippen molar-refractivity contribution in [2.24, 2.45) is 11.8 Å². The molecule has 0 aromatic carbocycles. The first-order valence-electron chi connectivity index (χ1n) is 6.30. The van der Waals surface area contributed by atoms with E-state index in [0.29, 0.717) is 0 Å². The molecule has 3 fully saturated rings. The van der Waals surface area contributed by atoms with Gasteiger partial charge in [0.1, 0.15) is 0 Å². The fourth-order valence-electron chi connectivity index (χ4n) is 3.59. The lowest BCUT2D eigenvalue weighted by Gasteiger charge is -2.38. The predicted octanol–water partition coefficient (Wildman–Crippen LogP) is 1.47. The first kappa shape index (κ1) is 9.17. The number of hydrogen-bond donors (Lipinski definition) is 1. The van der Waals surface area contributed by atoms with Crippen LogP contribution >= 0.6 is 0 Å². The molecule has 0 amide bonds. The molecule has 1 aliphatic heterocycles. The van der Waals surface area contributed by atoms with E-state index in [9.17, 15) is 0 Å². The zero-order valence-electron chi connectivity index (χ0n) is 9.21. The highest BCUT2D eigenvalue weighted by Gasteiger charge is 2.47. The van der Waals surface area contributed by atoms with Crippen molar-refractivity contribution in [2.45, 2.75) is 44.2 Å². The van der Waals surface area contributed by atoms with Crippen molar-refractivity contribution in [3.8, 4) is 0 Å². The van der Waals surface area contributed by atoms with Gasteiger partial charge in [0.2, 0.25) is 0 Å². The molecule has 0 radical (unpaired) electrons. The van der Waals surface area contributed by atoms with E-state index in [1.165, 1.54) is 45.2 Å². The standard InChI is InChI=1S/C12H22N2/c1-13-11-4-2-3-5-12(11)14-7-9-6-10(9)8-14/h9-13H,2-8H2,1H3/t9?,10?,11-,12-/m1/s1. The zero-order valence-corrected chi connectivity index (χ0v) is 9.21. The maximum atomic E-state index is 3.52. The Kier molecular flexibility index (Phi) is 2.29. The van der Waals surface area contributed by atoms with Crippen molar-refractivity contribution in [1.82, 2.24) is 10.2 Å². The summed E-state index contributed by atoms with van der Waals surface area (Å²) in [6.07, 6.45) is 7.25. The second-order valence-electron chi connectivity index (χ2n) is 5.46. The number of nitrogens with zero attached hydrogens (tertiary/aromatic N) is 1. The third-order valence-corrected chi connectivity index (χ3v) is 4.58. The lowest BCUT2D eigenvalue weighted by atomic mass is 9.89. The second kappa shape index (κ2) is 3.49. The average molecular weight is 194 g/mol. The minimum atomic E-state index is 0.779. The van der Waals surface area contributed by atoms with Crippen LogP contribution in [0.15, 0.2) is 0 Å². The van der Waals surface area contributed by atoms with Gasteiger partial charge in [-0.3, -0.25) is 4.90 Å². The highest BCUT2D eigenvalue weighted by atomic mass is 15.2. The van der Waals surface area contributed by atoms with Crippen LogP contribution in [0.4, 0.5) is 0 Å². The molecule has 2 unspecified atom stereocenters. The summed E-state index contributed by atoms with van der Waals surface area (Å²) in [5, 5.41) is 3.52. The molecule has 3 aliphatic rings. The maximum Gasteiger partial charge on any atom is 0.0249 e. The van der Waals surface area contributed by atoms with Crippen molar-refractivity contribution in [2.75, 3.05) is 20.1 Å². The first-order valence-corrected chi connectivity index (χ1v) is 6.30. The van der Waals surface area contributed by atoms with Gasteiger partial charge in [-0.25, -0.2) is 0 Å². The molecule has 2 saturated carbocycles.